The summed E-state index contributed by atoms with van der Waals surface area (Å²) in [5.74, 6) is 0. The molecule has 3 aromatic rings. The van der Waals surface area contributed by atoms with Gasteiger partial charge in [0.25, 0.3) is 10.0 Å². The van der Waals surface area contributed by atoms with Gasteiger partial charge in [-0.3, -0.25) is 0 Å². The van der Waals surface area contributed by atoms with E-state index in [4.69, 9.17) is 0 Å². The summed E-state index contributed by atoms with van der Waals surface area (Å²) >= 11 is 0. The first-order valence-corrected chi connectivity index (χ1v) is 12.2. The number of aliphatic hydroxyl groups excluding tert-OH is 1. The van der Waals surface area contributed by atoms with Crippen molar-refractivity contribution in [3.63, 3.8) is 0 Å². The maximum atomic E-state index is 12.7. The average molecular weight is 467 g/mol. The number of nitriles is 1. The largest absolute Gasteiger partial charge is 0.392 e. The SMILES string of the molecule is CCC(O)CNS(=O)(=O)/C(C#N)=C(\C)c1ccc(-c2ccc3cc(N(C)C)ccc3c2)n1C. The van der Waals surface area contributed by atoms with Crippen molar-refractivity contribution in [2.75, 3.05) is 25.5 Å². The van der Waals surface area contributed by atoms with Crippen LogP contribution in [0.2, 0.25) is 0 Å². The van der Waals surface area contributed by atoms with Crippen molar-refractivity contribution < 1.29 is 13.5 Å². The van der Waals surface area contributed by atoms with Gasteiger partial charge in [0, 0.05) is 50.3 Å². The Morgan fingerprint density at radius 1 is 1.15 bits per heavy atom. The van der Waals surface area contributed by atoms with Crippen molar-refractivity contribution in [2.24, 2.45) is 7.05 Å². The second-order valence-electron chi connectivity index (χ2n) is 8.28. The van der Waals surface area contributed by atoms with E-state index in [0.29, 0.717) is 17.7 Å². The predicted octanol–water partition coefficient (Wildman–Crippen LogP) is 3.86. The van der Waals surface area contributed by atoms with E-state index in [1.165, 1.54) is 0 Å². The fourth-order valence-electron chi connectivity index (χ4n) is 3.73. The lowest BCUT2D eigenvalue weighted by atomic mass is 10.0. The number of aliphatic hydroxyl groups is 1. The van der Waals surface area contributed by atoms with Crippen molar-refractivity contribution in [3.05, 3.63) is 59.1 Å². The Labute approximate surface area is 195 Å². The molecule has 8 heteroatoms. The Bertz CT molecular complexity index is 1350. The minimum Gasteiger partial charge on any atom is -0.392 e. The molecule has 1 aromatic heterocycles. The molecule has 174 valence electrons. The molecular formula is C25H30N4O3S. The zero-order valence-corrected chi connectivity index (χ0v) is 20.4. The number of benzene rings is 2. The molecule has 0 saturated heterocycles. The topological polar surface area (TPSA) is 98.4 Å². The van der Waals surface area contributed by atoms with Crippen LogP contribution in [0, 0.1) is 11.3 Å². The summed E-state index contributed by atoms with van der Waals surface area (Å²) in [6.45, 7) is 3.24. The van der Waals surface area contributed by atoms with Crippen LogP contribution in [0.5, 0.6) is 0 Å². The first-order chi connectivity index (χ1) is 15.6. The van der Waals surface area contributed by atoms with Crippen molar-refractivity contribution in [3.8, 4) is 17.3 Å². The molecule has 1 heterocycles. The maximum absolute atomic E-state index is 12.7. The van der Waals surface area contributed by atoms with Crippen molar-refractivity contribution in [1.29, 1.82) is 5.26 Å². The number of nitrogens with zero attached hydrogens (tertiary/aromatic N) is 3. The van der Waals surface area contributed by atoms with Gasteiger partial charge in [-0.25, -0.2) is 13.1 Å². The molecule has 7 nitrogen and oxygen atoms in total. The third-order valence-corrected chi connectivity index (χ3v) is 7.31. The van der Waals surface area contributed by atoms with Gasteiger partial charge in [0.2, 0.25) is 0 Å². The van der Waals surface area contributed by atoms with E-state index < -0.39 is 16.1 Å². The van der Waals surface area contributed by atoms with Crippen LogP contribution in [0.4, 0.5) is 5.69 Å². The van der Waals surface area contributed by atoms with Crippen LogP contribution in [-0.4, -0.2) is 44.8 Å². The van der Waals surface area contributed by atoms with E-state index >= 15 is 0 Å². The lowest BCUT2D eigenvalue weighted by Crippen LogP contribution is -2.32. The molecule has 0 saturated carbocycles. The van der Waals surface area contributed by atoms with Crippen molar-refractivity contribution >= 4 is 32.1 Å². The van der Waals surface area contributed by atoms with Gasteiger partial charge in [-0.1, -0.05) is 25.1 Å². The average Bonchev–Trinajstić information content (AvgIpc) is 3.18. The molecule has 3 rings (SSSR count). The molecule has 0 bridgehead atoms. The first-order valence-electron chi connectivity index (χ1n) is 10.7. The van der Waals surface area contributed by atoms with Crippen LogP contribution in [-0.2, 0) is 17.1 Å². The van der Waals surface area contributed by atoms with Gasteiger partial charge in [-0.15, -0.1) is 0 Å². The van der Waals surface area contributed by atoms with E-state index in [1.807, 2.05) is 50.0 Å². The smallest absolute Gasteiger partial charge is 0.251 e. The monoisotopic (exact) mass is 466 g/mol. The molecule has 2 aromatic carbocycles. The first kappa shape index (κ1) is 24.5. The summed E-state index contributed by atoms with van der Waals surface area (Å²) in [5.41, 5.74) is 4.01. The minimum atomic E-state index is -4.05. The Balaban J connectivity index is 2.00. The zero-order chi connectivity index (χ0) is 24.3. The number of hydrogen-bond donors (Lipinski definition) is 2. The number of fused-ring (bicyclic) bond motifs is 1. The molecule has 0 radical (unpaired) electrons. The molecule has 0 amide bonds. The number of sulfonamides is 1. The van der Waals surface area contributed by atoms with Gasteiger partial charge in [0.15, 0.2) is 4.91 Å². The van der Waals surface area contributed by atoms with Gasteiger partial charge in [-0.05, 0) is 60.0 Å². The van der Waals surface area contributed by atoms with Crippen LogP contribution in [0.1, 0.15) is 26.0 Å². The van der Waals surface area contributed by atoms with Crippen LogP contribution in [0.25, 0.3) is 27.6 Å². The van der Waals surface area contributed by atoms with Crippen molar-refractivity contribution in [2.45, 2.75) is 26.4 Å². The molecule has 0 fully saturated rings. The van der Waals surface area contributed by atoms with Crippen LogP contribution < -0.4 is 9.62 Å². The van der Waals surface area contributed by atoms with E-state index in [9.17, 15) is 18.8 Å². The Hall–Kier alpha value is -3.12. The minimum absolute atomic E-state index is 0.137. The fraction of sp³-hybridized carbons (Fsp3) is 0.320. The lowest BCUT2D eigenvalue weighted by molar-refractivity contribution is 0.174. The summed E-state index contributed by atoms with van der Waals surface area (Å²) in [6, 6.07) is 18.1. The van der Waals surface area contributed by atoms with Crippen LogP contribution >= 0.6 is 0 Å². The fourth-order valence-corrected chi connectivity index (χ4v) is 4.92. The van der Waals surface area contributed by atoms with E-state index in [0.717, 1.165) is 27.7 Å². The third-order valence-electron chi connectivity index (χ3n) is 5.83. The maximum Gasteiger partial charge on any atom is 0.251 e. The van der Waals surface area contributed by atoms with E-state index in [2.05, 4.69) is 40.0 Å². The molecule has 1 unspecified atom stereocenters. The second-order valence-corrected chi connectivity index (χ2v) is 9.99. The molecule has 0 aliphatic rings. The molecule has 0 aliphatic heterocycles. The normalized spacial score (nSPS) is 13.5. The lowest BCUT2D eigenvalue weighted by Gasteiger charge is -2.14. The van der Waals surface area contributed by atoms with Gasteiger partial charge in [0.05, 0.1) is 6.10 Å². The van der Waals surface area contributed by atoms with Crippen LogP contribution in [0.15, 0.2) is 53.4 Å². The van der Waals surface area contributed by atoms with E-state index in [1.54, 1.807) is 13.8 Å². The highest BCUT2D eigenvalue weighted by atomic mass is 32.2. The third kappa shape index (κ3) is 5.11. The molecule has 1 atom stereocenters. The second kappa shape index (κ2) is 9.79. The summed E-state index contributed by atoms with van der Waals surface area (Å²) in [6.07, 6.45) is -0.389. The Morgan fingerprint density at radius 2 is 1.82 bits per heavy atom. The number of allylic oxidation sites excluding steroid dienone is 2. The zero-order valence-electron chi connectivity index (χ0n) is 19.6. The van der Waals surface area contributed by atoms with Crippen molar-refractivity contribution in [1.82, 2.24) is 9.29 Å². The standard InChI is InChI=1S/C25H30N4O3S/c1-6-22(30)16-27-33(31,32)25(15-26)17(2)23-11-12-24(29(23)5)20-8-7-19-14-21(28(3)4)10-9-18(19)13-20/h7-14,22,27,30H,6,16H2,1-5H3/b25-17+. The quantitative estimate of drug-likeness (QED) is 0.491. The number of rotatable bonds is 8. The van der Waals surface area contributed by atoms with Gasteiger partial charge < -0.3 is 14.6 Å². The number of anilines is 1. The number of nitrogens with one attached hydrogen (secondary N) is 1. The Kier molecular flexibility index (Phi) is 7.28. The summed E-state index contributed by atoms with van der Waals surface area (Å²) in [4.78, 5) is 1.71. The van der Waals surface area contributed by atoms with Gasteiger partial charge >= 0.3 is 0 Å². The highest BCUT2D eigenvalue weighted by molar-refractivity contribution is 7.93. The van der Waals surface area contributed by atoms with Crippen LogP contribution in [0.3, 0.4) is 0 Å². The number of aromatic nitrogens is 1. The highest BCUT2D eigenvalue weighted by Crippen LogP contribution is 2.31. The van der Waals surface area contributed by atoms with E-state index in [-0.39, 0.29) is 11.4 Å². The molecule has 0 spiro atoms. The summed E-state index contributed by atoms with van der Waals surface area (Å²) < 4.78 is 29.6. The molecule has 2 N–H and O–H groups in total. The van der Waals surface area contributed by atoms with Gasteiger partial charge in [0.1, 0.15) is 6.07 Å². The predicted molar refractivity (Wildman–Crippen MR) is 134 cm³/mol. The van der Waals surface area contributed by atoms with Gasteiger partial charge in [-0.2, -0.15) is 5.26 Å². The summed E-state index contributed by atoms with van der Waals surface area (Å²) in [5, 5.41) is 21.5. The number of hydrogen-bond acceptors (Lipinski definition) is 5. The molecular weight excluding hydrogens is 436 g/mol. The Morgan fingerprint density at radius 3 is 2.45 bits per heavy atom. The summed E-state index contributed by atoms with van der Waals surface area (Å²) in [7, 11) is 1.82. The highest BCUT2D eigenvalue weighted by Gasteiger charge is 2.23. The molecule has 33 heavy (non-hydrogen) atoms. The molecule has 0 aliphatic carbocycles.